The highest BCUT2D eigenvalue weighted by Gasteiger charge is 2.12. The Balaban J connectivity index is 1.67. The molecule has 0 unspecified atom stereocenters. The molecule has 4 aromatic rings. The number of esters is 1. The molecule has 0 bridgehead atoms. The second-order valence-corrected chi connectivity index (χ2v) is 7.18. The summed E-state index contributed by atoms with van der Waals surface area (Å²) in [6.45, 7) is 3.87. The van der Waals surface area contributed by atoms with Crippen LogP contribution in [0.2, 0.25) is 0 Å². The summed E-state index contributed by atoms with van der Waals surface area (Å²) in [5.41, 5.74) is 1.31. The Morgan fingerprint density at radius 3 is 2.66 bits per heavy atom. The van der Waals surface area contributed by atoms with Gasteiger partial charge in [-0.1, -0.05) is 23.5 Å². The van der Waals surface area contributed by atoms with E-state index < -0.39 is 5.97 Å². The number of rotatable bonds is 5. The quantitative estimate of drug-likeness (QED) is 0.374. The number of thiazole rings is 1. The number of hydrogen-bond donors (Lipinski definition) is 0. The van der Waals surface area contributed by atoms with Crippen molar-refractivity contribution in [3.05, 3.63) is 69.0 Å². The number of fused-ring (bicyclic) bond motifs is 1. The third kappa shape index (κ3) is 4.02. The Hall–Kier alpha value is -3.52. The molecule has 2 heterocycles. The molecule has 146 valence electrons. The van der Waals surface area contributed by atoms with Gasteiger partial charge in [0.15, 0.2) is 5.82 Å². The van der Waals surface area contributed by atoms with Crippen molar-refractivity contribution in [2.75, 3.05) is 6.61 Å². The zero-order chi connectivity index (χ0) is 20.4. The van der Waals surface area contributed by atoms with E-state index in [2.05, 4.69) is 10.1 Å². The van der Waals surface area contributed by atoms with Crippen molar-refractivity contribution in [1.29, 1.82) is 0 Å². The van der Waals surface area contributed by atoms with Crippen molar-refractivity contribution in [2.45, 2.75) is 13.8 Å². The zero-order valence-corrected chi connectivity index (χ0v) is 16.6. The highest BCUT2D eigenvalue weighted by Crippen LogP contribution is 2.20. The largest absolute Gasteiger partial charge is 0.494 e. The molecule has 29 heavy (non-hydrogen) atoms. The Bertz CT molecular complexity index is 1290. The summed E-state index contributed by atoms with van der Waals surface area (Å²) in [4.78, 5) is 28.8. The smallest absolute Gasteiger partial charge is 0.308 e. The van der Waals surface area contributed by atoms with E-state index >= 15 is 0 Å². The summed E-state index contributed by atoms with van der Waals surface area (Å²) in [5.74, 6) is 1.29. The number of nitrogens with zero attached hydrogens (tertiary/aromatic N) is 3. The predicted octanol–water partition coefficient (Wildman–Crippen LogP) is 2.69. The van der Waals surface area contributed by atoms with E-state index in [1.165, 1.54) is 22.8 Å². The summed E-state index contributed by atoms with van der Waals surface area (Å²) in [6, 6.07) is 14.4. The van der Waals surface area contributed by atoms with Gasteiger partial charge in [-0.25, -0.2) is 0 Å². The molecule has 2 aromatic carbocycles. The Labute approximate surface area is 169 Å². The summed E-state index contributed by atoms with van der Waals surface area (Å²) in [5, 5.41) is 4.35. The second-order valence-electron chi connectivity index (χ2n) is 6.17. The lowest BCUT2D eigenvalue weighted by Crippen LogP contribution is -2.23. The van der Waals surface area contributed by atoms with Crippen molar-refractivity contribution in [2.24, 2.45) is 0 Å². The molecule has 0 fully saturated rings. The first-order valence-corrected chi connectivity index (χ1v) is 9.78. The first kappa shape index (κ1) is 18.8. The molecule has 8 heteroatoms. The number of carbonyl (C=O) groups is 1. The minimum Gasteiger partial charge on any atom is -0.494 e. The molecular weight excluding hydrogens is 390 g/mol. The fourth-order valence-corrected chi connectivity index (χ4v) is 3.72. The number of aromatic nitrogens is 3. The van der Waals surface area contributed by atoms with Gasteiger partial charge in [0, 0.05) is 12.5 Å². The van der Waals surface area contributed by atoms with E-state index in [0.717, 1.165) is 16.9 Å². The monoisotopic (exact) mass is 407 g/mol. The molecule has 0 saturated carbocycles. The lowest BCUT2D eigenvalue weighted by atomic mass is 10.2. The third-order valence-electron chi connectivity index (χ3n) is 4.02. The Kier molecular flexibility index (Phi) is 5.09. The van der Waals surface area contributed by atoms with Crippen molar-refractivity contribution in [3.8, 4) is 22.9 Å². The van der Waals surface area contributed by atoms with Gasteiger partial charge in [0.25, 0.3) is 5.56 Å². The zero-order valence-electron chi connectivity index (χ0n) is 15.8. The number of carbonyl (C=O) groups excluding carboxylic acids is 1. The first-order valence-electron chi connectivity index (χ1n) is 8.96. The molecule has 4 rings (SSSR count). The maximum absolute atomic E-state index is 12.7. The van der Waals surface area contributed by atoms with Crippen LogP contribution in [0.5, 0.6) is 11.5 Å². The highest BCUT2D eigenvalue weighted by molar-refractivity contribution is 7.15. The molecule has 7 nitrogen and oxygen atoms in total. The van der Waals surface area contributed by atoms with E-state index in [0.29, 0.717) is 27.7 Å². The SMILES string of the molecule is CCOc1ccc(-c2nc3s/c(=C\c4cccc(OC(C)=O)c4)c(=O)n3n2)cc1. The van der Waals surface area contributed by atoms with E-state index in [-0.39, 0.29) is 5.56 Å². The van der Waals surface area contributed by atoms with Gasteiger partial charge in [-0.05, 0) is 55.0 Å². The molecule has 0 radical (unpaired) electrons. The van der Waals surface area contributed by atoms with Gasteiger partial charge in [0.05, 0.1) is 11.1 Å². The van der Waals surface area contributed by atoms with Crippen LogP contribution in [0.3, 0.4) is 0 Å². The second kappa shape index (κ2) is 7.84. The molecular formula is C21H17N3O4S. The molecule has 0 N–H and O–H groups in total. The van der Waals surface area contributed by atoms with Crippen LogP contribution in [0.4, 0.5) is 0 Å². The number of hydrogen-bond acceptors (Lipinski definition) is 7. The van der Waals surface area contributed by atoms with Crippen LogP contribution < -0.4 is 19.6 Å². The molecule has 2 aromatic heterocycles. The molecule has 0 spiro atoms. The van der Waals surface area contributed by atoms with Gasteiger partial charge in [0.1, 0.15) is 11.5 Å². The number of ether oxygens (including phenoxy) is 2. The molecule has 0 aliphatic heterocycles. The maximum Gasteiger partial charge on any atom is 0.308 e. The maximum atomic E-state index is 12.7. The summed E-state index contributed by atoms with van der Waals surface area (Å²) in [6.07, 6.45) is 1.73. The molecule has 0 amide bonds. The van der Waals surface area contributed by atoms with Gasteiger partial charge in [-0.15, -0.1) is 5.10 Å². The Morgan fingerprint density at radius 2 is 1.97 bits per heavy atom. The van der Waals surface area contributed by atoms with Gasteiger partial charge in [0.2, 0.25) is 4.96 Å². The summed E-state index contributed by atoms with van der Waals surface area (Å²) < 4.78 is 12.3. The van der Waals surface area contributed by atoms with Gasteiger partial charge >= 0.3 is 5.97 Å². The van der Waals surface area contributed by atoms with Crippen molar-refractivity contribution >= 4 is 28.3 Å². The van der Waals surface area contributed by atoms with Crippen LogP contribution in [0.25, 0.3) is 22.4 Å². The summed E-state index contributed by atoms with van der Waals surface area (Å²) in [7, 11) is 0. The lowest BCUT2D eigenvalue weighted by molar-refractivity contribution is -0.131. The predicted molar refractivity (Wildman–Crippen MR) is 110 cm³/mol. The minimum atomic E-state index is -0.396. The standard InChI is InChI=1S/C21H17N3O4S/c1-3-27-16-9-7-15(8-10-16)19-22-21-24(23-19)20(26)18(29-21)12-14-5-4-6-17(11-14)28-13(2)25/h4-12H,3H2,1-2H3/b18-12-. The summed E-state index contributed by atoms with van der Waals surface area (Å²) >= 11 is 1.25. The highest BCUT2D eigenvalue weighted by atomic mass is 32.1. The van der Waals surface area contributed by atoms with Crippen LogP contribution in [0.1, 0.15) is 19.4 Å². The van der Waals surface area contributed by atoms with Crippen molar-refractivity contribution in [1.82, 2.24) is 14.6 Å². The third-order valence-corrected chi connectivity index (χ3v) is 4.98. The van der Waals surface area contributed by atoms with Crippen molar-refractivity contribution < 1.29 is 14.3 Å². The van der Waals surface area contributed by atoms with Crippen LogP contribution in [-0.2, 0) is 4.79 Å². The molecule has 0 aliphatic carbocycles. The van der Waals surface area contributed by atoms with Crippen LogP contribution in [-0.4, -0.2) is 27.2 Å². The van der Waals surface area contributed by atoms with E-state index in [4.69, 9.17) is 9.47 Å². The topological polar surface area (TPSA) is 82.8 Å². The van der Waals surface area contributed by atoms with Crippen LogP contribution in [0.15, 0.2) is 53.3 Å². The fraction of sp³-hybridized carbons (Fsp3) is 0.143. The molecule has 0 atom stereocenters. The van der Waals surface area contributed by atoms with E-state index in [1.807, 2.05) is 37.3 Å². The average molecular weight is 407 g/mol. The molecule has 0 saturated heterocycles. The van der Waals surface area contributed by atoms with Crippen LogP contribution >= 0.6 is 11.3 Å². The van der Waals surface area contributed by atoms with Crippen molar-refractivity contribution in [3.63, 3.8) is 0 Å². The minimum absolute atomic E-state index is 0.243. The average Bonchev–Trinajstić information content (AvgIpc) is 3.22. The van der Waals surface area contributed by atoms with Gasteiger partial charge in [-0.2, -0.15) is 9.50 Å². The van der Waals surface area contributed by atoms with Crippen LogP contribution in [0, 0.1) is 0 Å². The van der Waals surface area contributed by atoms with E-state index in [1.54, 1.807) is 24.3 Å². The Morgan fingerprint density at radius 1 is 1.17 bits per heavy atom. The van der Waals surface area contributed by atoms with Gasteiger partial charge < -0.3 is 9.47 Å². The fourth-order valence-electron chi connectivity index (χ4n) is 2.81. The molecule has 0 aliphatic rings. The number of benzene rings is 2. The van der Waals surface area contributed by atoms with E-state index in [9.17, 15) is 9.59 Å². The van der Waals surface area contributed by atoms with Gasteiger partial charge in [-0.3, -0.25) is 9.59 Å². The normalized spacial score (nSPS) is 11.7. The first-order chi connectivity index (χ1) is 14.0. The lowest BCUT2D eigenvalue weighted by Gasteiger charge is -2.02.